The molecule has 0 bridgehead atoms. The van der Waals surface area contributed by atoms with Crippen molar-refractivity contribution in [2.45, 2.75) is 32.7 Å². The second kappa shape index (κ2) is 9.48. The van der Waals surface area contributed by atoms with E-state index < -0.39 is 0 Å². The molecule has 112 valence electrons. The summed E-state index contributed by atoms with van der Waals surface area (Å²) >= 11 is 5.46. The molecule has 0 fully saturated rings. The summed E-state index contributed by atoms with van der Waals surface area (Å²) in [6, 6.07) is 5.58. The highest BCUT2D eigenvalue weighted by atomic mass is 35.5. The molecule has 1 aromatic rings. The summed E-state index contributed by atoms with van der Waals surface area (Å²) in [4.78, 5) is 11.2. The van der Waals surface area contributed by atoms with E-state index in [-0.39, 0.29) is 11.8 Å². The molecule has 1 N–H and O–H groups in total. The lowest BCUT2D eigenvalue weighted by molar-refractivity contribution is -0.118. The maximum atomic E-state index is 11.2. The molecule has 0 aliphatic carbocycles. The standard InChI is InChI=1S/C15H22ClNO3/c1-3-4-5-8-20-14-9-13(19-2)7-6-12(14)11-17-15(18)10-16/h6-7,9H,3-5,8,10-11H2,1-2H3,(H,17,18). The van der Waals surface area contributed by atoms with E-state index in [1.165, 1.54) is 0 Å². The Labute approximate surface area is 125 Å². The van der Waals surface area contributed by atoms with Crippen LogP contribution in [0, 0.1) is 0 Å². The highest BCUT2D eigenvalue weighted by Crippen LogP contribution is 2.25. The van der Waals surface area contributed by atoms with E-state index in [1.807, 2.05) is 18.2 Å². The maximum Gasteiger partial charge on any atom is 0.235 e. The third-order valence-corrected chi connectivity index (χ3v) is 3.12. The van der Waals surface area contributed by atoms with Crippen molar-refractivity contribution in [2.24, 2.45) is 0 Å². The molecule has 0 aliphatic rings. The number of hydrogen-bond donors (Lipinski definition) is 1. The van der Waals surface area contributed by atoms with Gasteiger partial charge in [0, 0.05) is 18.2 Å². The Bertz CT molecular complexity index is 424. The number of benzene rings is 1. The van der Waals surface area contributed by atoms with Gasteiger partial charge in [0.15, 0.2) is 0 Å². The predicted molar refractivity (Wildman–Crippen MR) is 80.6 cm³/mol. The van der Waals surface area contributed by atoms with E-state index in [1.54, 1.807) is 7.11 Å². The fourth-order valence-electron chi connectivity index (χ4n) is 1.72. The molecule has 0 atom stereocenters. The van der Waals surface area contributed by atoms with Gasteiger partial charge in [-0.25, -0.2) is 0 Å². The average Bonchev–Trinajstić information content (AvgIpc) is 2.49. The van der Waals surface area contributed by atoms with Gasteiger partial charge in [-0.2, -0.15) is 0 Å². The van der Waals surface area contributed by atoms with E-state index >= 15 is 0 Å². The molecule has 0 aliphatic heterocycles. The molecule has 0 saturated heterocycles. The minimum absolute atomic E-state index is 0.0388. The lowest BCUT2D eigenvalue weighted by Crippen LogP contribution is -2.24. The quantitative estimate of drug-likeness (QED) is 0.563. The van der Waals surface area contributed by atoms with Crippen molar-refractivity contribution >= 4 is 17.5 Å². The monoisotopic (exact) mass is 299 g/mol. The summed E-state index contributed by atoms with van der Waals surface area (Å²) < 4.78 is 11.0. The van der Waals surface area contributed by atoms with Crippen LogP contribution in [0.5, 0.6) is 11.5 Å². The van der Waals surface area contributed by atoms with E-state index in [0.717, 1.165) is 36.3 Å². The van der Waals surface area contributed by atoms with Gasteiger partial charge in [0.2, 0.25) is 5.91 Å². The SMILES string of the molecule is CCCCCOc1cc(OC)ccc1CNC(=O)CCl. The molecule has 0 heterocycles. The van der Waals surface area contributed by atoms with Crippen LogP contribution in [0.15, 0.2) is 18.2 Å². The average molecular weight is 300 g/mol. The topological polar surface area (TPSA) is 47.6 Å². The lowest BCUT2D eigenvalue weighted by atomic mass is 10.2. The molecule has 0 spiro atoms. The fourth-order valence-corrected chi connectivity index (χ4v) is 1.81. The molecule has 0 saturated carbocycles. The highest BCUT2D eigenvalue weighted by Gasteiger charge is 2.07. The van der Waals surface area contributed by atoms with Gasteiger partial charge < -0.3 is 14.8 Å². The van der Waals surface area contributed by atoms with Gasteiger partial charge >= 0.3 is 0 Å². The molecule has 20 heavy (non-hydrogen) atoms. The Kier molecular flexibility index (Phi) is 7.88. The smallest absolute Gasteiger partial charge is 0.235 e. The second-order valence-corrected chi connectivity index (χ2v) is 4.71. The first-order valence-corrected chi connectivity index (χ1v) is 7.37. The summed E-state index contributed by atoms with van der Waals surface area (Å²) in [5, 5.41) is 2.74. The third kappa shape index (κ3) is 5.70. The summed E-state index contributed by atoms with van der Waals surface area (Å²) in [7, 11) is 1.62. The molecule has 0 unspecified atom stereocenters. The van der Waals surface area contributed by atoms with Crippen molar-refractivity contribution in [2.75, 3.05) is 19.6 Å². The van der Waals surface area contributed by atoms with Gasteiger partial charge in [-0.1, -0.05) is 19.8 Å². The number of carbonyl (C=O) groups excluding carboxylic acids is 1. The van der Waals surface area contributed by atoms with Crippen molar-refractivity contribution in [1.82, 2.24) is 5.32 Å². The third-order valence-electron chi connectivity index (χ3n) is 2.88. The van der Waals surface area contributed by atoms with Gasteiger partial charge in [-0.05, 0) is 18.6 Å². The Balaban J connectivity index is 2.67. The van der Waals surface area contributed by atoms with Crippen LogP contribution >= 0.6 is 11.6 Å². The lowest BCUT2D eigenvalue weighted by Gasteiger charge is -2.13. The first-order valence-electron chi connectivity index (χ1n) is 6.83. The summed E-state index contributed by atoms with van der Waals surface area (Å²) in [6.45, 7) is 3.22. The Morgan fingerprint density at radius 2 is 2.15 bits per heavy atom. The number of unbranched alkanes of at least 4 members (excludes halogenated alkanes) is 2. The summed E-state index contributed by atoms with van der Waals surface area (Å²) in [5.74, 6) is 1.25. The van der Waals surface area contributed by atoms with Crippen LogP contribution in [-0.2, 0) is 11.3 Å². The first kappa shape index (κ1) is 16.6. The van der Waals surface area contributed by atoms with Crippen LogP contribution in [0.2, 0.25) is 0 Å². The van der Waals surface area contributed by atoms with Crippen LogP contribution in [0.25, 0.3) is 0 Å². The van der Waals surface area contributed by atoms with Crippen molar-refractivity contribution in [3.05, 3.63) is 23.8 Å². The van der Waals surface area contributed by atoms with Crippen LogP contribution in [0.1, 0.15) is 31.7 Å². The molecular formula is C15H22ClNO3. The molecule has 1 rings (SSSR count). The fraction of sp³-hybridized carbons (Fsp3) is 0.533. The Morgan fingerprint density at radius 1 is 1.35 bits per heavy atom. The van der Waals surface area contributed by atoms with E-state index in [9.17, 15) is 4.79 Å². The first-order chi connectivity index (χ1) is 9.71. The summed E-state index contributed by atoms with van der Waals surface area (Å²) in [5.41, 5.74) is 0.917. The van der Waals surface area contributed by atoms with Crippen molar-refractivity contribution in [1.29, 1.82) is 0 Å². The molecule has 5 heteroatoms. The van der Waals surface area contributed by atoms with Gasteiger partial charge in [0.1, 0.15) is 17.4 Å². The highest BCUT2D eigenvalue weighted by molar-refractivity contribution is 6.27. The molecule has 4 nitrogen and oxygen atoms in total. The Morgan fingerprint density at radius 3 is 2.80 bits per heavy atom. The van der Waals surface area contributed by atoms with Gasteiger partial charge in [0.05, 0.1) is 13.7 Å². The van der Waals surface area contributed by atoms with Gasteiger partial charge in [0.25, 0.3) is 0 Å². The van der Waals surface area contributed by atoms with Crippen LogP contribution < -0.4 is 14.8 Å². The van der Waals surface area contributed by atoms with Crippen molar-refractivity contribution < 1.29 is 14.3 Å². The predicted octanol–water partition coefficient (Wildman–Crippen LogP) is 3.12. The van der Waals surface area contributed by atoms with E-state index in [4.69, 9.17) is 21.1 Å². The second-order valence-electron chi connectivity index (χ2n) is 4.44. The number of rotatable bonds is 9. The normalized spacial score (nSPS) is 10.2. The number of ether oxygens (including phenoxy) is 2. The molecule has 0 radical (unpaired) electrons. The Hall–Kier alpha value is -1.42. The van der Waals surface area contributed by atoms with Crippen LogP contribution in [0.4, 0.5) is 0 Å². The zero-order valence-electron chi connectivity index (χ0n) is 12.1. The number of carbonyl (C=O) groups is 1. The number of methoxy groups -OCH3 is 1. The molecule has 1 amide bonds. The number of amides is 1. The molecule has 0 aromatic heterocycles. The van der Waals surface area contributed by atoms with Crippen LogP contribution in [0.3, 0.4) is 0 Å². The molecular weight excluding hydrogens is 278 g/mol. The largest absolute Gasteiger partial charge is 0.497 e. The maximum absolute atomic E-state index is 11.2. The van der Waals surface area contributed by atoms with E-state index in [0.29, 0.717) is 13.2 Å². The number of alkyl halides is 1. The van der Waals surface area contributed by atoms with Gasteiger partial charge in [-0.3, -0.25) is 4.79 Å². The van der Waals surface area contributed by atoms with E-state index in [2.05, 4.69) is 12.2 Å². The minimum atomic E-state index is -0.195. The minimum Gasteiger partial charge on any atom is -0.497 e. The number of halogens is 1. The number of hydrogen-bond acceptors (Lipinski definition) is 3. The molecule has 1 aromatic carbocycles. The zero-order chi connectivity index (χ0) is 14.8. The zero-order valence-corrected chi connectivity index (χ0v) is 12.8. The van der Waals surface area contributed by atoms with Gasteiger partial charge in [-0.15, -0.1) is 11.6 Å². The van der Waals surface area contributed by atoms with Crippen LogP contribution in [-0.4, -0.2) is 25.5 Å². The summed E-state index contributed by atoms with van der Waals surface area (Å²) in [6.07, 6.45) is 3.31. The number of nitrogens with one attached hydrogen (secondary N) is 1. The van der Waals surface area contributed by atoms with Crippen molar-refractivity contribution in [3.63, 3.8) is 0 Å². The van der Waals surface area contributed by atoms with Crippen molar-refractivity contribution in [3.8, 4) is 11.5 Å².